The number of pyridine rings is 1. The SMILES string of the molecule is O=C1CCC(N2CCOc3cnccc32)C(=O)N1. The molecule has 2 amide bonds. The van der Waals surface area contributed by atoms with Crippen LogP contribution in [-0.2, 0) is 9.59 Å². The summed E-state index contributed by atoms with van der Waals surface area (Å²) in [5, 5.41) is 2.38. The van der Waals surface area contributed by atoms with Crippen molar-refractivity contribution in [3.8, 4) is 5.75 Å². The molecule has 0 saturated carbocycles. The average Bonchev–Trinajstić information content (AvgIpc) is 2.38. The fraction of sp³-hybridized carbons (Fsp3) is 0.417. The van der Waals surface area contributed by atoms with Gasteiger partial charge < -0.3 is 9.64 Å². The molecule has 0 bridgehead atoms. The Balaban J connectivity index is 1.89. The average molecular weight is 247 g/mol. The summed E-state index contributed by atoms with van der Waals surface area (Å²) in [5.41, 5.74) is 0.866. The molecule has 0 aliphatic carbocycles. The molecule has 1 unspecified atom stereocenters. The van der Waals surface area contributed by atoms with Crippen molar-refractivity contribution in [1.29, 1.82) is 0 Å². The molecule has 3 heterocycles. The standard InChI is InChI=1S/C12H13N3O3/c16-11-2-1-9(12(17)14-11)15-5-6-18-10-7-13-4-3-8(10)15/h3-4,7,9H,1-2,5-6H2,(H,14,16,17). The van der Waals surface area contributed by atoms with E-state index in [1.54, 1.807) is 12.4 Å². The third-order valence-corrected chi connectivity index (χ3v) is 3.25. The van der Waals surface area contributed by atoms with Gasteiger partial charge in [-0.05, 0) is 12.5 Å². The molecule has 3 rings (SSSR count). The molecule has 94 valence electrons. The topological polar surface area (TPSA) is 71.5 Å². The Morgan fingerprint density at radius 3 is 3.17 bits per heavy atom. The Labute approximate surface area is 104 Å². The van der Waals surface area contributed by atoms with Crippen LogP contribution in [-0.4, -0.2) is 36.0 Å². The molecule has 1 aromatic heterocycles. The number of aromatic nitrogens is 1. The molecule has 2 aliphatic rings. The molecule has 1 atom stereocenters. The molecule has 1 fully saturated rings. The minimum atomic E-state index is -0.298. The van der Waals surface area contributed by atoms with Crippen molar-refractivity contribution in [3.05, 3.63) is 18.5 Å². The smallest absolute Gasteiger partial charge is 0.249 e. The summed E-state index contributed by atoms with van der Waals surface area (Å²) in [7, 11) is 0. The van der Waals surface area contributed by atoms with Crippen LogP contribution >= 0.6 is 0 Å². The molecule has 1 saturated heterocycles. The van der Waals surface area contributed by atoms with E-state index in [1.165, 1.54) is 0 Å². The van der Waals surface area contributed by atoms with Crippen molar-refractivity contribution in [3.63, 3.8) is 0 Å². The largest absolute Gasteiger partial charge is 0.488 e. The number of anilines is 1. The van der Waals surface area contributed by atoms with Gasteiger partial charge in [0.25, 0.3) is 0 Å². The van der Waals surface area contributed by atoms with Gasteiger partial charge in [0.15, 0.2) is 5.75 Å². The molecule has 6 nitrogen and oxygen atoms in total. The number of imide groups is 1. The Morgan fingerprint density at radius 2 is 2.33 bits per heavy atom. The highest BCUT2D eigenvalue weighted by atomic mass is 16.5. The van der Waals surface area contributed by atoms with Crippen LogP contribution in [0, 0.1) is 0 Å². The van der Waals surface area contributed by atoms with E-state index < -0.39 is 0 Å². The first kappa shape index (κ1) is 11.0. The number of ether oxygens (including phenoxy) is 1. The van der Waals surface area contributed by atoms with Gasteiger partial charge in [0.05, 0.1) is 18.4 Å². The number of hydrogen-bond acceptors (Lipinski definition) is 5. The van der Waals surface area contributed by atoms with E-state index in [1.807, 2.05) is 11.0 Å². The third-order valence-electron chi connectivity index (χ3n) is 3.25. The summed E-state index contributed by atoms with van der Waals surface area (Å²) in [6, 6.07) is 1.53. The number of rotatable bonds is 1. The number of nitrogens with one attached hydrogen (secondary N) is 1. The van der Waals surface area contributed by atoms with E-state index in [0.717, 1.165) is 5.69 Å². The second-order valence-electron chi connectivity index (χ2n) is 4.35. The van der Waals surface area contributed by atoms with E-state index in [4.69, 9.17) is 4.74 Å². The van der Waals surface area contributed by atoms with E-state index in [0.29, 0.717) is 31.7 Å². The lowest BCUT2D eigenvalue weighted by Gasteiger charge is -2.37. The molecule has 0 aromatic carbocycles. The maximum Gasteiger partial charge on any atom is 0.249 e. The van der Waals surface area contributed by atoms with E-state index in [-0.39, 0.29) is 17.9 Å². The predicted octanol–water partition coefficient (Wildman–Crippen LogP) is 0.0856. The van der Waals surface area contributed by atoms with Gasteiger partial charge in [-0.3, -0.25) is 19.9 Å². The number of piperidine rings is 1. The number of carbonyl (C=O) groups is 2. The molecule has 1 aromatic rings. The predicted molar refractivity (Wildman–Crippen MR) is 63.2 cm³/mol. The summed E-state index contributed by atoms with van der Waals surface area (Å²) in [5.74, 6) is 0.267. The Morgan fingerprint density at radius 1 is 1.44 bits per heavy atom. The second kappa shape index (κ2) is 4.29. The first-order chi connectivity index (χ1) is 8.75. The Kier molecular flexibility index (Phi) is 2.62. The van der Waals surface area contributed by atoms with Crippen LogP contribution in [0.25, 0.3) is 0 Å². The molecular formula is C12H13N3O3. The second-order valence-corrected chi connectivity index (χ2v) is 4.35. The maximum absolute atomic E-state index is 11.9. The van der Waals surface area contributed by atoms with Gasteiger partial charge in [0.1, 0.15) is 12.6 Å². The number of fused-ring (bicyclic) bond motifs is 1. The van der Waals surface area contributed by atoms with Crippen molar-refractivity contribution in [1.82, 2.24) is 10.3 Å². The molecule has 18 heavy (non-hydrogen) atoms. The zero-order chi connectivity index (χ0) is 12.5. The fourth-order valence-electron chi connectivity index (χ4n) is 2.40. The lowest BCUT2D eigenvalue weighted by Crippen LogP contribution is -2.54. The first-order valence-corrected chi connectivity index (χ1v) is 5.93. The van der Waals surface area contributed by atoms with Crippen molar-refractivity contribution in [2.45, 2.75) is 18.9 Å². The first-order valence-electron chi connectivity index (χ1n) is 5.93. The highest BCUT2D eigenvalue weighted by Gasteiger charge is 2.34. The lowest BCUT2D eigenvalue weighted by atomic mass is 10.0. The Bertz CT molecular complexity index is 503. The van der Waals surface area contributed by atoms with Crippen molar-refractivity contribution < 1.29 is 14.3 Å². The molecule has 6 heteroatoms. The lowest BCUT2D eigenvalue weighted by molar-refractivity contribution is -0.134. The van der Waals surface area contributed by atoms with Crippen LogP contribution in [0.15, 0.2) is 18.5 Å². The van der Waals surface area contributed by atoms with Crippen molar-refractivity contribution in [2.24, 2.45) is 0 Å². The van der Waals surface area contributed by atoms with Crippen LogP contribution in [0.5, 0.6) is 5.75 Å². The van der Waals surface area contributed by atoms with Crippen LogP contribution in [0.4, 0.5) is 5.69 Å². The third kappa shape index (κ3) is 1.79. The quantitative estimate of drug-likeness (QED) is 0.712. The van der Waals surface area contributed by atoms with E-state index in [9.17, 15) is 9.59 Å². The molecular weight excluding hydrogens is 234 g/mol. The summed E-state index contributed by atoms with van der Waals surface area (Å²) >= 11 is 0. The van der Waals surface area contributed by atoms with Crippen LogP contribution < -0.4 is 15.0 Å². The summed E-state index contributed by atoms with van der Waals surface area (Å²) in [6.45, 7) is 1.17. The van der Waals surface area contributed by atoms with E-state index >= 15 is 0 Å². The van der Waals surface area contributed by atoms with Gasteiger partial charge in [0, 0.05) is 12.6 Å². The zero-order valence-electron chi connectivity index (χ0n) is 9.76. The number of amides is 2. The van der Waals surface area contributed by atoms with Crippen molar-refractivity contribution >= 4 is 17.5 Å². The highest BCUT2D eigenvalue weighted by molar-refractivity contribution is 6.01. The van der Waals surface area contributed by atoms with Crippen LogP contribution in [0.1, 0.15) is 12.8 Å². The van der Waals surface area contributed by atoms with Gasteiger partial charge in [-0.2, -0.15) is 0 Å². The van der Waals surface area contributed by atoms with Gasteiger partial charge in [-0.1, -0.05) is 0 Å². The van der Waals surface area contributed by atoms with Crippen LogP contribution in [0.2, 0.25) is 0 Å². The minimum Gasteiger partial charge on any atom is -0.488 e. The molecule has 0 radical (unpaired) electrons. The minimum absolute atomic E-state index is 0.195. The van der Waals surface area contributed by atoms with E-state index in [2.05, 4.69) is 10.3 Å². The van der Waals surface area contributed by atoms with Gasteiger partial charge in [0.2, 0.25) is 11.8 Å². The molecule has 2 aliphatic heterocycles. The summed E-state index contributed by atoms with van der Waals surface area (Å²) < 4.78 is 5.50. The maximum atomic E-state index is 11.9. The molecule has 1 N–H and O–H groups in total. The highest BCUT2D eigenvalue weighted by Crippen LogP contribution is 2.32. The number of hydrogen-bond donors (Lipinski definition) is 1. The summed E-state index contributed by atoms with van der Waals surface area (Å²) in [6.07, 6.45) is 4.25. The fourth-order valence-corrected chi connectivity index (χ4v) is 2.40. The normalized spacial score (nSPS) is 23.1. The van der Waals surface area contributed by atoms with Gasteiger partial charge >= 0.3 is 0 Å². The summed E-state index contributed by atoms with van der Waals surface area (Å²) in [4.78, 5) is 29.0. The monoisotopic (exact) mass is 247 g/mol. The Hall–Kier alpha value is -2.11. The van der Waals surface area contributed by atoms with Gasteiger partial charge in [-0.25, -0.2) is 0 Å². The van der Waals surface area contributed by atoms with Crippen molar-refractivity contribution in [2.75, 3.05) is 18.1 Å². The van der Waals surface area contributed by atoms with Crippen LogP contribution in [0.3, 0.4) is 0 Å². The zero-order valence-corrected chi connectivity index (χ0v) is 9.76. The molecule has 0 spiro atoms. The van der Waals surface area contributed by atoms with Gasteiger partial charge in [-0.15, -0.1) is 0 Å². The number of carbonyl (C=O) groups excluding carboxylic acids is 2. The number of nitrogens with zero attached hydrogens (tertiary/aromatic N) is 2.